The van der Waals surface area contributed by atoms with Crippen molar-refractivity contribution in [1.29, 1.82) is 0 Å². The SMILES string of the molecule is CC1CCCC(N)(C(=O)NCC(=O)N(C)C)C1. The molecule has 0 aromatic rings. The number of carbonyl (C=O) groups excluding carboxylic acids is 2. The van der Waals surface area contributed by atoms with Gasteiger partial charge in [0.15, 0.2) is 0 Å². The third-order valence-electron chi connectivity index (χ3n) is 3.38. The van der Waals surface area contributed by atoms with Crippen LogP contribution in [0.5, 0.6) is 0 Å². The molecule has 2 atom stereocenters. The van der Waals surface area contributed by atoms with Crippen LogP contribution in [0.1, 0.15) is 32.6 Å². The van der Waals surface area contributed by atoms with Gasteiger partial charge in [0.25, 0.3) is 0 Å². The van der Waals surface area contributed by atoms with Crippen molar-refractivity contribution in [3.05, 3.63) is 0 Å². The van der Waals surface area contributed by atoms with E-state index in [4.69, 9.17) is 5.73 Å². The van der Waals surface area contributed by atoms with E-state index < -0.39 is 5.54 Å². The Hall–Kier alpha value is -1.10. The molecule has 2 unspecified atom stereocenters. The number of rotatable bonds is 3. The summed E-state index contributed by atoms with van der Waals surface area (Å²) in [6, 6.07) is 0. The highest BCUT2D eigenvalue weighted by atomic mass is 16.2. The maximum atomic E-state index is 12.0. The van der Waals surface area contributed by atoms with Gasteiger partial charge in [-0.15, -0.1) is 0 Å². The van der Waals surface area contributed by atoms with Crippen LogP contribution in [-0.2, 0) is 9.59 Å². The number of nitrogens with two attached hydrogens (primary N) is 1. The smallest absolute Gasteiger partial charge is 0.241 e. The summed E-state index contributed by atoms with van der Waals surface area (Å²) in [4.78, 5) is 24.8. The second-order valence-corrected chi connectivity index (χ2v) is 5.33. The minimum Gasteiger partial charge on any atom is -0.347 e. The Morgan fingerprint density at radius 1 is 1.47 bits per heavy atom. The van der Waals surface area contributed by atoms with Crippen LogP contribution in [-0.4, -0.2) is 42.9 Å². The van der Waals surface area contributed by atoms with Gasteiger partial charge >= 0.3 is 0 Å². The first-order valence-electron chi connectivity index (χ1n) is 6.12. The molecule has 0 aliphatic heterocycles. The first kappa shape index (κ1) is 14.0. The Morgan fingerprint density at radius 2 is 2.12 bits per heavy atom. The number of hydrogen-bond donors (Lipinski definition) is 2. The Labute approximate surface area is 103 Å². The molecule has 5 nitrogen and oxygen atoms in total. The molecular weight excluding hydrogens is 218 g/mol. The monoisotopic (exact) mass is 241 g/mol. The average Bonchev–Trinajstić information content (AvgIpc) is 2.24. The molecule has 0 aromatic carbocycles. The fraction of sp³-hybridized carbons (Fsp3) is 0.833. The average molecular weight is 241 g/mol. The van der Waals surface area contributed by atoms with Crippen molar-refractivity contribution in [3.8, 4) is 0 Å². The summed E-state index contributed by atoms with van der Waals surface area (Å²) >= 11 is 0. The van der Waals surface area contributed by atoms with E-state index in [2.05, 4.69) is 12.2 Å². The second kappa shape index (κ2) is 5.49. The zero-order chi connectivity index (χ0) is 13.1. The lowest BCUT2D eigenvalue weighted by atomic mass is 9.76. The fourth-order valence-electron chi connectivity index (χ4n) is 2.29. The minimum atomic E-state index is -0.787. The quantitative estimate of drug-likeness (QED) is 0.735. The van der Waals surface area contributed by atoms with Crippen molar-refractivity contribution in [2.45, 2.75) is 38.1 Å². The van der Waals surface area contributed by atoms with Crippen molar-refractivity contribution in [2.75, 3.05) is 20.6 Å². The van der Waals surface area contributed by atoms with Crippen molar-refractivity contribution < 1.29 is 9.59 Å². The Bertz CT molecular complexity index is 304. The van der Waals surface area contributed by atoms with Crippen molar-refractivity contribution in [3.63, 3.8) is 0 Å². The molecule has 98 valence electrons. The van der Waals surface area contributed by atoms with E-state index in [1.807, 2.05) is 0 Å². The molecule has 2 amide bonds. The molecule has 17 heavy (non-hydrogen) atoms. The first-order valence-corrected chi connectivity index (χ1v) is 6.12. The van der Waals surface area contributed by atoms with E-state index in [0.29, 0.717) is 18.8 Å². The van der Waals surface area contributed by atoms with Gasteiger partial charge in [0.05, 0.1) is 12.1 Å². The maximum Gasteiger partial charge on any atom is 0.241 e. The fourth-order valence-corrected chi connectivity index (χ4v) is 2.29. The summed E-state index contributed by atoms with van der Waals surface area (Å²) < 4.78 is 0. The van der Waals surface area contributed by atoms with E-state index in [0.717, 1.165) is 12.8 Å². The third-order valence-corrected chi connectivity index (χ3v) is 3.38. The normalized spacial score (nSPS) is 28.6. The molecule has 5 heteroatoms. The number of amides is 2. The van der Waals surface area contributed by atoms with Gasteiger partial charge in [0.2, 0.25) is 11.8 Å². The van der Waals surface area contributed by atoms with Gasteiger partial charge in [-0.25, -0.2) is 0 Å². The van der Waals surface area contributed by atoms with Crippen LogP contribution in [0.3, 0.4) is 0 Å². The van der Waals surface area contributed by atoms with E-state index in [1.165, 1.54) is 4.90 Å². The molecular formula is C12H23N3O2. The highest BCUT2D eigenvalue weighted by molar-refractivity contribution is 5.90. The molecule has 1 aliphatic carbocycles. The van der Waals surface area contributed by atoms with E-state index in [9.17, 15) is 9.59 Å². The molecule has 1 rings (SSSR count). The maximum absolute atomic E-state index is 12.0. The third kappa shape index (κ3) is 3.70. The van der Waals surface area contributed by atoms with Crippen LogP contribution >= 0.6 is 0 Å². The summed E-state index contributed by atoms with van der Waals surface area (Å²) in [6.07, 6.45) is 3.52. The standard InChI is InChI=1S/C12H23N3O2/c1-9-5-4-6-12(13,7-9)11(17)14-8-10(16)15(2)3/h9H,4-8,13H2,1-3H3,(H,14,17). The van der Waals surface area contributed by atoms with Gasteiger partial charge in [0, 0.05) is 14.1 Å². The molecule has 3 N–H and O–H groups in total. The number of nitrogens with one attached hydrogen (secondary N) is 1. The lowest BCUT2D eigenvalue weighted by Gasteiger charge is -2.35. The molecule has 0 heterocycles. The van der Waals surface area contributed by atoms with Gasteiger partial charge in [-0.1, -0.05) is 19.8 Å². The lowest BCUT2D eigenvalue weighted by molar-refractivity contribution is -0.133. The second-order valence-electron chi connectivity index (χ2n) is 5.33. The number of nitrogens with zero attached hydrogens (tertiary/aromatic N) is 1. The van der Waals surface area contributed by atoms with Crippen molar-refractivity contribution in [1.82, 2.24) is 10.2 Å². The van der Waals surface area contributed by atoms with Crippen LogP contribution in [0.25, 0.3) is 0 Å². The predicted molar refractivity (Wildman–Crippen MR) is 66.3 cm³/mol. The molecule has 1 aliphatic rings. The van der Waals surface area contributed by atoms with Gasteiger partial charge in [-0.05, 0) is 18.8 Å². The Morgan fingerprint density at radius 3 is 2.65 bits per heavy atom. The lowest BCUT2D eigenvalue weighted by Crippen LogP contribution is -2.57. The van der Waals surface area contributed by atoms with Gasteiger partial charge in [-0.2, -0.15) is 0 Å². The zero-order valence-corrected chi connectivity index (χ0v) is 11.0. The van der Waals surface area contributed by atoms with E-state index in [1.54, 1.807) is 14.1 Å². The van der Waals surface area contributed by atoms with E-state index in [-0.39, 0.29) is 18.4 Å². The number of carbonyl (C=O) groups is 2. The highest BCUT2D eigenvalue weighted by Gasteiger charge is 2.37. The van der Waals surface area contributed by atoms with Gasteiger partial charge < -0.3 is 16.0 Å². The van der Waals surface area contributed by atoms with Crippen LogP contribution in [0.2, 0.25) is 0 Å². The first-order chi connectivity index (χ1) is 7.85. The van der Waals surface area contributed by atoms with Crippen LogP contribution in [0.4, 0.5) is 0 Å². The molecule has 0 saturated heterocycles. The van der Waals surface area contributed by atoms with Crippen molar-refractivity contribution >= 4 is 11.8 Å². The molecule has 1 fully saturated rings. The molecule has 0 aromatic heterocycles. The number of likely N-dealkylation sites (N-methyl/N-ethyl adjacent to an activating group) is 1. The van der Waals surface area contributed by atoms with Crippen LogP contribution < -0.4 is 11.1 Å². The Balaban J connectivity index is 2.49. The van der Waals surface area contributed by atoms with E-state index >= 15 is 0 Å². The van der Waals surface area contributed by atoms with Gasteiger partial charge in [0.1, 0.15) is 0 Å². The molecule has 0 radical (unpaired) electrons. The summed E-state index contributed by atoms with van der Waals surface area (Å²) in [6.45, 7) is 2.14. The molecule has 1 saturated carbocycles. The zero-order valence-electron chi connectivity index (χ0n) is 11.0. The topological polar surface area (TPSA) is 75.4 Å². The summed E-state index contributed by atoms with van der Waals surface area (Å²) in [5.41, 5.74) is 5.33. The number of hydrogen-bond acceptors (Lipinski definition) is 3. The minimum absolute atomic E-state index is 0.0269. The molecule has 0 spiro atoms. The predicted octanol–water partition coefficient (Wildman–Crippen LogP) is 0.0984. The van der Waals surface area contributed by atoms with Crippen LogP contribution in [0, 0.1) is 5.92 Å². The van der Waals surface area contributed by atoms with Gasteiger partial charge in [-0.3, -0.25) is 9.59 Å². The summed E-state index contributed by atoms with van der Waals surface area (Å²) in [5.74, 6) is 0.161. The largest absolute Gasteiger partial charge is 0.347 e. The summed E-state index contributed by atoms with van der Waals surface area (Å²) in [7, 11) is 3.32. The Kier molecular flexibility index (Phi) is 4.51. The highest BCUT2D eigenvalue weighted by Crippen LogP contribution is 2.30. The van der Waals surface area contributed by atoms with Crippen molar-refractivity contribution in [2.24, 2.45) is 11.7 Å². The molecule has 0 bridgehead atoms. The van der Waals surface area contributed by atoms with Crippen LogP contribution in [0.15, 0.2) is 0 Å². The summed E-state index contributed by atoms with van der Waals surface area (Å²) in [5, 5.41) is 2.64.